The van der Waals surface area contributed by atoms with Crippen LogP contribution in [0.15, 0.2) is 81.1 Å². The molecule has 1 atom stereocenters. The van der Waals surface area contributed by atoms with E-state index in [-0.39, 0.29) is 18.2 Å². The van der Waals surface area contributed by atoms with Crippen molar-refractivity contribution >= 4 is 48.8 Å². The highest BCUT2D eigenvalue weighted by Gasteiger charge is 2.30. The lowest BCUT2D eigenvalue weighted by Gasteiger charge is -2.22. The molecule has 4 aromatic rings. The maximum absolute atomic E-state index is 11.8. The third-order valence-corrected chi connectivity index (χ3v) is 10.8. The Morgan fingerprint density at radius 2 is 1.62 bits per heavy atom. The molecule has 9 nitrogen and oxygen atoms in total. The normalized spacial score (nSPS) is 15.2. The lowest BCUT2D eigenvalue weighted by Crippen LogP contribution is -2.40. The highest BCUT2D eigenvalue weighted by Crippen LogP contribution is 2.48. The van der Waals surface area contributed by atoms with Gasteiger partial charge in [-0.2, -0.15) is 21.4 Å². The minimum atomic E-state index is -4.20. The number of aryl methyl sites for hydroxylation is 3. The number of nitrogens with zero attached hydrogens (tertiary/aromatic N) is 2. The zero-order valence-electron chi connectivity index (χ0n) is 25.6. The first kappa shape index (κ1) is 33.2. The van der Waals surface area contributed by atoms with Crippen molar-refractivity contribution in [2.24, 2.45) is 5.92 Å². The lowest BCUT2D eigenvalue weighted by atomic mass is 10.0. The van der Waals surface area contributed by atoms with Gasteiger partial charge in [-0.15, -0.1) is 0 Å². The third kappa shape index (κ3) is 8.36. The zero-order chi connectivity index (χ0) is 32.4. The Balaban J connectivity index is 1.47. The minimum absolute atomic E-state index is 0.0375. The van der Waals surface area contributed by atoms with Gasteiger partial charge in [-0.1, -0.05) is 55.1 Å². The summed E-state index contributed by atoms with van der Waals surface area (Å²) >= 11 is 1.68. The zero-order valence-corrected chi connectivity index (χ0v) is 28.1. The van der Waals surface area contributed by atoms with Gasteiger partial charge in [-0.3, -0.25) is 9.11 Å². The second-order valence-corrected chi connectivity index (χ2v) is 15.7. The summed E-state index contributed by atoms with van der Waals surface area (Å²) in [6.45, 7) is 6.90. The highest BCUT2D eigenvalue weighted by atomic mass is 32.2. The number of unbranched alkanes of at least 4 members (excludes halogenated alkanes) is 1. The van der Waals surface area contributed by atoms with E-state index in [0.29, 0.717) is 37.3 Å². The molecule has 0 spiro atoms. The van der Waals surface area contributed by atoms with Gasteiger partial charge in [0, 0.05) is 17.5 Å². The Morgan fingerprint density at radius 3 is 2.31 bits per heavy atom. The van der Waals surface area contributed by atoms with Crippen LogP contribution in [0.2, 0.25) is 0 Å². The van der Waals surface area contributed by atoms with Crippen molar-refractivity contribution in [1.82, 2.24) is 0 Å². The molecule has 45 heavy (non-hydrogen) atoms. The number of anilines is 1. The monoisotopic (exact) mass is 671 g/mol. The molecule has 0 radical (unpaired) electrons. The predicted octanol–water partition coefficient (Wildman–Crippen LogP) is 6.58. The topological polar surface area (TPSA) is 129 Å². The number of allylic oxidation sites excluding steroid dienone is 1. The number of hydrogen-bond acceptors (Lipinski definition) is 7. The standard InChI is InChI=1S/C33H38N2O7S3/c1-4-25(21-33-35(14-8-9-16-44(36,37)38)29-18-23(2)24(3)19-31(29)43-33)20-32-34(15-17-45(39,40)41)28-22-27(12-13-30(28)42-32)26-10-6-5-7-11-26/h5-7,10-13,18-19,21-22,25H,4,8-9,14-17,20H2,1-3H3,(H-,36,37,38,39,40,41)/p+1/b33-21+. The van der Waals surface area contributed by atoms with E-state index in [4.69, 9.17) is 4.42 Å². The Kier molecular flexibility index (Phi) is 10.1. The van der Waals surface area contributed by atoms with Crippen LogP contribution in [0.25, 0.3) is 22.2 Å². The number of fused-ring (bicyclic) bond motifs is 2. The molecule has 0 fully saturated rings. The summed E-state index contributed by atoms with van der Waals surface area (Å²) < 4.78 is 73.1. The van der Waals surface area contributed by atoms with Crippen LogP contribution in [0, 0.1) is 19.8 Å². The summed E-state index contributed by atoms with van der Waals surface area (Å²) in [6.07, 6.45) is 4.45. The Labute approximate surface area is 269 Å². The highest BCUT2D eigenvalue weighted by molar-refractivity contribution is 8.03. The summed E-state index contributed by atoms with van der Waals surface area (Å²) in [6, 6.07) is 20.1. The molecule has 1 aromatic heterocycles. The quantitative estimate of drug-likeness (QED) is 0.0920. The van der Waals surface area contributed by atoms with Gasteiger partial charge in [0.15, 0.2) is 6.54 Å². The fraction of sp³-hybridized carbons (Fsp3) is 0.364. The van der Waals surface area contributed by atoms with Crippen LogP contribution < -0.4 is 9.47 Å². The maximum atomic E-state index is 11.8. The van der Waals surface area contributed by atoms with Gasteiger partial charge in [0.1, 0.15) is 5.75 Å². The van der Waals surface area contributed by atoms with Gasteiger partial charge in [-0.05, 0) is 85.6 Å². The van der Waals surface area contributed by atoms with Crippen LogP contribution in [0.5, 0.6) is 0 Å². The maximum Gasteiger partial charge on any atom is 0.348 e. The van der Waals surface area contributed by atoms with Crippen LogP contribution in [0.1, 0.15) is 43.2 Å². The summed E-state index contributed by atoms with van der Waals surface area (Å²) in [5.74, 6) is -0.0510. The fourth-order valence-electron chi connectivity index (χ4n) is 5.55. The second-order valence-electron chi connectivity index (χ2n) is 11.5. The van der Waals surface area contributed by atoms with Crippen LogP contribution >= 0.6 is 11.8 Å². The molecule has 0 aliphatic carbocycles. The van der Waals surface area contributed by atoms with Crippen molar-refractivity contribution in [3.05, 3.63) is 88.8 Å². The number of oxazole rings is 1. The van der Waals surface area contributed by atoms with E-state index in [1.54, 1.807) is 11.8 Å². The van der Waals surface area contributed by atoms with E-state index in [0.717, 1.165) is 38.7 Å². The van der Waals surface area contributed by atoms with Crippen molar-refractivity contribution in [3.8, 4) is 11.1 Å². The van der Waals surface area contributed by atoms with Crippen LogP contribution in [0.3, 0.4) is 0 Å². The molecule has 12 heteroatoms. The number of aromatic nitrogens is 1. The molecular formula is C33H39N2O7S3+. The first-order chi connectivity index (χ1) is 21.3. The smallest absolute Gasteiger partial charge is 0.348 e. The Bertz CT molecular complexity index is 1940. The van der Waals surface area contributed by atoms with Crippen molar-refractivity contribution < 1.29 is 34.9 Å². The lowest BCUT2D eigenvalue weighted by molar-refractivity contribution is -0.680. The van der Waals surface area contributed by atoms with Crippen molar-refractivity contribution in [2.45, 2.75) is 57.9 Å². The molecule has 0 saturated carbocycles. The van der Waals surface area contributed by atoms with Crippen molar-refractivity contribution in [2.75, 3.05) is 23.0 Å². The van der Waals surface area contributed by atoms with E-state index >= 15 is 0 Å². The molecule has 1 unspecified atom stereocenters. The Hall–Kier alpha value is -3.16. The fourth-order valence-corrected chi connectivity index (χ4v) is 7.83. The van der Waals surface area contributed by atoms with Gasteiger partial charge in [0.25, 0.3) is 25.8 Å². The van der Waals surface area contributed by atoms with E-state index in [1.807, 2.05) is 53.1 Å². The summed E-state index contributed by atoms with van der Waals surface area (Å²) in [5, 5.41) is 1.04. The van der Waals surface area contributed by atoms with Gasteiger partial charge < -0.3 is 9.32 Å². The molecule has 0 saturated heterocycles. The summed E-state index contributed by atoms with van der Waals surface area (Å²) in [5.41, 5.74) is 6.83. The summed E-state index contributed by atoms with van der Waals surface area (Å²) in [7, 11) is -8.22. The van der Waals surface area contributed by atoms with Gasteiger partial charge in [0.05, 0.1) is 22.9 Å². The number of hydrogen-bond donors (Lipinski definition) is 2. The first-order valence-corrected chi connectivity index (χ1v) is 19.0. The van der Waals surface area contributed by atoms with Gasteiger partial charge in [0.2, 0.25) is 5.58 Å². The number of thioether (sulfide) groups is 1. The largest absolute Gasteiger partial charge is 0.401 e. The van der Waals surface area contributed by atoms with E-state index < -0.39 is 26.0 Å². The SMILES string of the molecule is CCC(/C=C1/Sc2cc(C)c(C)cc2N1CCCCS(=O)(=O)O)Cc1oc2ccc(-c3ccccc3)cc2[n+]1CCS(=O)(=O)O. The van der Waals surface area contributed by atoms with Crippen molar-refractivity contribution in [3.63, 3.8) is 0 Å². The van der Waals surface area contributed by atoms with E-state index in [2.05, 4.69) is 43.9 Å². The number of benzene rings is 3. The molecule has 5 rings (SSSR count). The molecule has 2 heterocycles. The molecule has 0 bridgehead atoms. The van der Waals surface area contributed by atoms with Crippen molar-refractivity contribution in [1.29, 1.82) is 0 Å². The average Bonchev–Trinajstić information content (AvgIpc) is 3.49. The predicted molar refractivity (Wildman–Crippen MR) is 179 cm³/mol. The van der Waals surface area contributed by atoms with Crippen LogP contribution in [-0.2, 0) is 33.2 Å². The average molecular weight is 672 g/mol. The molecule has 0 amide bonds. The first-order valence-electron chi connectivity index (χ1n) is 15.0. The minimum Gasteiger partial charge on any atom is -0.401 e. The molecule has 240 valence electrons. The molecule has 2 N–H and O–H groups in total. The molecular weight excluding hydrogens is 633 g/mol. The molecule has 1 aliphatic rings. The Morgan fingerprint density at radius 1 is 0.911 bits per heavy atom. The van der Waals surface area contributed by atoms with Gasteiger partial charge in [-0.25, -0.2) is 0 Å². The molecule has 1 aliphatic heterocycles. The van der Waals surface area contributed by atoms with Gasteiger partial charge >= 0.3 is 5.89 Å². The van der Waals surface area contributed by atoms with E-state index in [1.165, 1.54) is 11.1 Å². The summed E-state index contributed by atoms with van der Waals surface area (Å²) in [4.78, 5) is 3.35. The van der Waals surface area contributed by atoms with Crippen LogP contribution in [0.4, 0.5) is 5.69 Å². The van der Waals surface area contributed by atoms with Crippen LogP contribution in [-0.4, -0.2) is 44.0 Å². The van der Waals surface area contributed by atoms with E-state index in [9.17, 15) is 25.9 Å². The number of rotatable bonds is 13. The molecule has 3 aromatic carbocycles. The second kappa shape index (κ2) is 13.7. The third-order valence-electron chi connectivity index (χ3n) is 8.18.